The van der Waals surface area contributed by atoms with E-state index < -0.39 is 10.2 Å². The normalized spacial score (nSPS) is 12.6. The third kappa shape index (κ3) is 5.05. The van der Waals surface area contributed by atoms with E-state index >= 15 is 0 Å². The van der Waals surface area contributed by atoms with Crippen molar-refractivity contribution in [3.63, 3.8) is 0 Å². The van der Waals surface area contributed by atoms with E-state index in [0.29, 0.717) is 19.0 Å². The molecule has 7 heteroatoms. The first-order valence-electron chi connectivity index (χ1n) is 5.25. The smallest absolute Gasteiger partial charge is 0.202 e. The van der Waals surface area contributed by atoms with Crippen molar-refractivity contribution in [3.8, 4) is 0 Å². The fraction of sp³-hybridized carbons (Fsp3) is 0.600. The van der Waals surface area contributed by atoms with Crippen molar-refractivity contribution in [2.24, 2.45) is 5.92 Å². The van der Waals surface area contributed by atoms with Gasteiger partial charge >= 0.3 is 0 Å². The number of rotatable bonds is 6. The Balaban J connectivity index is 2.59. The van der Waals surface area contributed by atoms with Gasteiger partial charge in [0.1, 0.15) is 0 Å². The molecule has 0 aliphatic rings. The highest BCUT2D eigenvalue weighted by Crippen LogP contribution is 2.21. The van der Waals surface area contributed by atoms with E-state index in [1.165, 1.54) is 4.31 Å². The molecule has 0 bridgehead atoms. The quantitative estimate of drug-likeness (QED) is 0.864. The fourth-order valence-electron chi connectivity index (χ4n) is 1.15. The molecule has 0 unspecified atom stereocenters. The molecular formula is C10H17BrN2O2S2. The van der Waals surface area contributed by atoms with Crippen LogP contribution < -0.4 is 4.72 Å². The average Bonchev–Trinajstić information content (AvgIpc) is 2.61. The minimum Gasteiger partial charge on any atom is -0.202 e. The maximum Gasteiger partial charge on any atom is 0.279 e. The van der Waals surface area contributed by atoms with E-state index in [0.717, 1.165) is 9.35 Å². The highest BCUT2D eigenvalue weighted by molar-refractivity contribution is 9.11. The molecular weight excluding hydrogens is 324 g/mol. The van der Waals surface area contributed by atoms with Crippen LogP contribution in [0.1, 0.15) is 19.4 Å². The Labute approximate surface area is 115 Å². The number of nitrogens with one attached hydrogen (secondary N) is 1. The van der Waals surface area contributed by atoms with Crippen molar-refractivity contribution in [1.82, 2.24) is 9.03 Å². The zero-order chi connectivity index (χ0) is 13.1. The van der Waals surface area contributed by atoms with Gasteiger partial charge in [-0.2, -0.15) is 12.7 Å². The Morgan fingerprint density at radius 3 is 2.65 bits per heavy atom. The Morgan fingerprint density at radius 2 is 2.18 bits per heavy atom. The molecule has 1 aromatic rings. The van der Waals surface area contributed by atoms with E-state index in [-0.39, 0.29) is 0 Å². The summed E-state index contributed by atoms with van der Waals surface area (Å²) in [6, 6.07) is 1.93. The topological polar surface area (TPSA) is 49.4 Å². The van der Waals surface area contributed by atoms with Gasteiger partial charge < -0.3 is 0 Å². The van der Waals surface area contributed by atoms with Crippen molar-refractivity contribution in [2.45, 2.75) is 20.4 Å². The molecule has 1 aromatic heterocycles. The van der Waals surface area contributed by atoms with E-state index in [1.807, 2.05) is 25.3 Å². The van der Waals surface area contributed by atoms with Gasteiger partial charge in [-0.05, 0) is 38.9 Å². The highest BCUT2D eigenvalue weighted by atomic mass is 79.9. The lowest BCUT2D eigenvalue weighted by molar-refractivity contribution is 0.449. The van der Waals surface area contributed by atoms with Crippen LogP contribution in [0, 0.1) is 5.92 Å². The fourth-order valence-corrected chi connectivity index (χ4v) is 3.44. The molecule has 98 valence electrons. The van der Waals surface area contributed by atoms with E-state index in [1.54, 1.807) is 18.4 Å². The molecule has 0 radical (unpaired) electrons. The van der Waals surface area contributed by atoms with Crippen LogP contribution in [0.15, 0.2) is 15.2 Å². The first-order chi connectivity index (χ1) is 7.81. The van der Waals surface area contributed by atoms with Crippen molar-refractivity contribution in [1.29, 1.82) is 0 Å². The van der Waals surface area contributed by atoms with Crippen LogP contribution in [0.25, 0.3) is 0 Å². The van der Waals surface area contributed by atoms with Crippen LogP contribution in [-0.4, -0.2) is 26.3 Å². The summed E-state index contributed by atoms with van der Waals surface area (Å²) in [6.07, 6.45) is 0. The molecule has 0 atom stereocenters. The predicted molar refractivity (Wildman–Crippen MR) is 75.2 cm³/mol. The summed E-state index contributed by atoms with van der Waals surface area (Å²) >= 11 is 4.91. The molecule has 0 spiro atoms. The Kier molecular flexibility index (Phi) is 5.59. The third-order valence-corrected chi connectivity index (χ3v) is 5.15. The van der Waals surface area contributed by atoms with Gasteiger partial charge in [0.15, 0.2) is 0 Å². The molecule has 0 aliphatic carbocycles. The Hall–Kier alpha value is 0.0500. The van der Waals surface area contributed by atoms with Gasteiger partial charge in [-0.15, -0.1) is 11.3 Å². The largest absolute Gasteiger partial charge is 0.279 e. The zero-order valence-electron chi connectivity index (χ0n) is 10.1. The minimum absolute atomic E-state index is 0.300. The van der Waals surface area contributed by atoms with Crippen molar-refractivity contribution >= 4 is 37.5 Å². The number of nitrogens with zero attached hydrogens (tertiary/aromatic N) is 1. The van der Waals surface area contributed by atoms with Gasteiger partial charge in [0.05, 0.1) is 3.79 Å². The van der Waals surface area contributed by atoms with Gasteiger partial charge in [0, 0.05) is 20.1 Å². The lowest BCUT2D eigenvalue weighted by Gasteiger charge is -2.17. The highest BCUT2D eigenvalue weighted by Gasteiger charge is 2.17. The first-order valence-corrected chi connectivity index (χ1v) is 8.36. The van der Waals surface area contributed by atoms with Gasteiger partial charge in [-0.1, -0.05) is 13.8 Å². The maximum absolute atomic E-state index is 11.9. The SMILES string of the molecule is CC(C)CNS(=O)(=O)N(C)Cc1csc(Br)c1. The Bertz CT molecular complexity index is 457. The molecule has 0 aromatic carbocycles. The first kappa shape index (κ1) is 15.1. The third-order valence-electron chi connectivity index (χ3n) is 2.11. The van der Waals surface area contributed by atoms with Crippen LogP contribution in [0.5, 0.6) is 0 Å². The molecule has 0 aliphatic heterocycles. The summed E-state index contributed by atoms with van der Waals surface area (Å²) in [4.78, 5) is 0. The van der Waals surface area contributed by atoms with Gasteiger partial charge in [0.25, 0.3) is 10.2 Å². The molecule has 1 N–H and O–H groups in total. The maximum atomic E-state index is 11.9. The van der Waals surface area contributed by atoms with Crippen LogP contribution >= 0.6 is 27.3 Å². The number of thiophene rings is 1. The van der Waals surface area contributed by atoms with Crippen LogP contribution in [0.2, 0.25) is 0 Å². The number of halogens is 1. The molecule has 0 saturated heterocycles. The van der Waals surface area contributed by atoms with Crippen molar-refractivity contribution in [2.75, 3.05) is 13.6 Å². The standard InChI is InChI=1S/C10H17BrN2O2S2/c1-8(2)5-12-17(14,15)13(3)6-9-4-10(11)16-7-9/h4,7-8,12H,5-6H2,1-3H3. The van der Waals surface area contributed by atoms with Crippen LogP contribution in [0.3, 0.4) is 0 Å². The number of hydrogen-bond acceptors (Lipinski definition) is 3. The Morgan fingerprint density at radius 1 is 1.53 bits per heavy atom. The van der Waals surface area contributed by atoms with E-state index in [4.69, 9.17) is 0 Å². The van der Waals surface area contributed by atoms with Crippen LogP contribution in [0.4, 0.5) is 0 Å². The molecule has 0 fully saturated rings. The number of hydrogen-bond donors (Lipinski definition) is 1. The molecule has 1 heterocycles. The van der Waals surface area contributed by atoms with Crippen molar-refractivity contribution in [3.05, 3.63) is 20.8 Å². The molecule has 0 amide bonds. The lowest BCUT2D eigenvalue weighted by atomic mass is 10.2. The average molecular weight is 341 g/mol. The van der Waals surface area contributed by atoms with Gasteiger partial charge in [-0.25, -0.2) is 4.72 Å². The molecule has 1 rings (SSSR count). The molecule has 0 saturated carbocycles. The summed E-state index contributed by atoms with van der Waals surface area (Å²) in [5.74, 6) is 0.300. The van der Waals surface area contributed by atoms with E-state index in [9.17, 15) is 8.42 Å². The monoisotopic (exact) mass is 340 g/mol. The van der Waals surface area contributed by atoms with Crippen molar-refractivity contribution < 1.29 is 8.42 Å². The summed E-state index contributed by atoms with van der Waals surface area (Å²) in [7, 11) is -1.79. The summed E-state index contributed by atoms with van der Waals surface area (Å²) in [5.41, 5.74) is 0.985. The molecule has 17 heavy (non-hydrogen) atoms. The predicted octanol–water partition coefficient (Wildman–Crippen LogP) is 2.43. The molecule has 4 nitrogen and oxygen atoms in total. The van der Waals surface area contributed by atoms with E-state index in [2.05, 4.69) is 20.7 Å². The minimum atomic E-state index is -3.37. The second-order valence-corrected chi connectivity index (χ2v) is 8.42. The van der Waals surface area contributed by atoms with Gasteiger partial charge in [0.2, 0.25) is 0 Å². The summed E-state index contributed by atoms with van der Waals surface area (Å²) in [6.45, 7) is 4.78. The zero-order valence-corrected chi connectivity index (χ0v) is 13.3. The van der Waals surface area contributed by atoms with Gasteiger partial charge in [-0.3, -0.25) is 0 Å². The summed E-state index contributed by atoms with van der Waals surface area (Å²) in [5, 5.41) is 1.94. The second-order valence-electron chi connectivity index (χ2n) is 4.26. The summed E-state index contributed by atoms with van der Waals surface area (Å²) < 4.78 is 28.6. The van der Waals surface area contributed by atoms with Crippen LogP contribution in [-0.2, 0) is 16.8 Å². The lowest BCUT2D eigenvalue weighted by Crippen LogP contribution is -2.39. The second kappa shape index (κ2) is 6.29.